The first-order chi connectivity index (χ1) is 9.54. The Morgan fingerprint density at radius 3 is 2.75 bits per heavy atom. The minimum atomic E-state index is -0.573. The smallest absolute Gasteiger partial charge is 0.288 e. The molecule has 1 N–H and O–H groups in total. The van der Waals surface area contributed by atoms with E-state index >= 15 is 0 Å². The molecule has 0 radical (unpaired) electrons. The highest BCUT2D eigenvalue weighted by atomic mass is 35.5. The van der Waals surface area contributed by atoms with Crippen molar-refractivity contribution in [3.63, 3.8) is 0 Å². The first-order valence-corrected chi connectivity index (χ1v) is 7.17. The van der Waals surface area contributed by atoms with E-state index in [1.807, 2.05) is 0 Å². The molecule has 1 aromatic carbocycles. The van der Waals surface area contributed by atoms with Crippen molar-refractivity contribution >= 4 is 23.2 Å². The third kappa shape index (κ3) is 2.38. The largest absolute Gasteiger partial charge is 0.349 e. The molecule has 0 saturated heterocycles. The van der Waals surface area contributed by atoms with Crippen molar-refractivity contribution < 1.29 is 9.72 Å². The molecule has 0 spiro atoms. The van der Waals surface area contributed by atoms with Crippen molar-refractivity contribution in [1.82, 2.24) is 5.32 Å². The van der Waals surface area contributed by atoms with Crippen LogP contribution in [0.4, 0.5) is 5.69 Å². The number of halogens is 1. The zero-order valence-corrected chi connectivity index (χ0v) is 11.6. The van der Waals surface area contributed by atoms with E-state index in [4.69, 9.17) is 11.6 Å². The van der Waals surface area contributed by atoms with Gasteiger partial charge in [-0.1, -0.05) is 18.0 Å². The van der Waals surface area contributed by atoms with Crippen LogP contribution >= 0.6 is 11.6 Å². The predicted molar refractivity (Wildman–Crippen MR) is 74.8 cm³/mol. The van der Waals surface area contributed by atoms with Crippen LogP contribution in [0.5, 0.6) is 0 Å². The van der Waals surface area contributed by atoms with Crippen molar-refractivity contribution in [1.29, 1.82) is 0 Å². The third-order valence-electron chi connectivity index (χ3n) is 4.46. The van der Waals surface area contributed by atoms with Gasteiger partial charge in [-0.05, 0) is 43.2 Å². The number of carbonyl (C=O) groups excluding carboxylic acids is 1. The van der Waals surface area contributed by atoms with Crippen LogP contribution in [0.25, 0.3) is 0 Å². The number of benzene rings is 1. The average Bonchev–Trinajstić information content (AvgIpc) is 3.01. The molecule has 2 fully saturated rings. The Bertz CT molecular complexity index is 576. The summed E-state index contributed by atoms with van der Waals surface area (Å²) < 4.78 is 0. The Morgan fingerprint density at radius 1 is 1.35 bits per heavy atom. The summed E-state index contributed by atoms with van der Waals surface area (Å²) in [5.74, 6) is 1.07. The van der Waals surface area contributed by atoms with Gasteiger partial charge in [-0.15, -0.1) is 0 Å². The second kappa shape index (κ2) is 5.05. The number of rotatable bonds is 3. The highest BCUT2D eigenvalue weighted by molar-refractivity contribution is 6.32. The molecule has 2 bridgehead atoms. The van der Waals surface area contributed by atoms with Gasteiger partial charge in [0, 0.05) is 17.7 Å². The van der Waals surface area contributed by atoms with Crippen LogP contribution < -0.4 is 5.32 Å². The second-order valence-electron chi connectivity index (χ2n) is 5.68. The lowest BCUT2D eigenvalue weighted by Crippen LogP contribution is -2.38. The quantitative estimate of drug-likeness (QED) is 0.687. The summed E-state index contributed by atoms with van der Waals surface area (Å²) in [5, 5.41) is 13.9. The maximum atomic E-state index is 12.2. The lowest BCUT2D eigenvalue weighted by atomic mass is 9.95. The summed E-state index contributed by atoms with van der Waals surface area (Å²) in [4.78, 5) is 22.4. The van der Waals surface area contributed by atoms with Crippen LogP contribution in [0, 0.1) is 22.0 Å². The fourth-order valence-corrected chi connectivity index (χ4v) is 3.65. The van der Waals surface area contributed by atoms with Gasteiger partial charge in [-0.3, -0.25) is 14.9 Å². The monoisotopic (exact) mass is 294 g/mol. The fourth-order valence-electron chi connectivity index (χ4n) is 3.47. The van der Waals surface area contributed by atoms with Crippen LogP contribution in [0.1, 0.15) is 36.0 Å². The molecule has 2 aliphatic rings. The molecule has 0 heterocycles. The summed E-state index contributed by atoms with van der Waals surface area (Å²) in [5.41, 5.74) is 0.0659. The molecule has 20 heavy (non-hydrogen) atoms. The Morgan fingerprint density at radius 2 is 2.15 bits per heavy atom. The topological polar surface area (TPSA) is 72.2 Å². The number of amides is 1. The van der Waals surface area contributed by atoms with E-state index in [1.165, 1.54) is 37.5 Å². The minimum Gasteiger partial charge on any atom is -0.349 e. The summed E-state index contributed by atoms with van der Waals surface area (Å²) >= 11 is 5.74. The predicted octanol–water partition coefficient (Wildman–Crippen LogP) is 3.17. The van der Waals surface area contributed by atoms with E-state index in [0.29, 0.717) is 11.5 Å². The SMILES string of the molecule is O=C(N[C@H]1C[C@@H]2CC[C@@H]1C2)c1ccc(Cl)c([N+](=O)[O-])c1. The van der Waals surface area contributed by atoms with E-state index < -0.39 is 4.92 Å². The van der Waals surface area contributed by atoms with Crippen LogP contribution in [0.3, 0.4) is 0 Å². The highest BCUT2D eigenvalue weighted by Crippen LogP contribution is 2.44. The molecule has 2 aliphatic carbocycles. The Labute approximate surface area is 121 Å². The molecule has 0 aliphatic heterocycles. The number of fused-ring (bicyclic) bond motifs is 2. The second-order valence-corrected chi connectivity index (χ2v) is 6.09. The van der Waals surface area contributed by atoms with Gasteiger partial charge < -0.3 is 5.32 Å². The summed E-state index contributed by atoms with van der Waals surface area (Å²) in [6.45, 7) is 0. The van der Waals surface area contributed by atoms with Gasteiger partial charge in [0.1, 0.15) is 5.02 Å². The number of nitro benzene ring substituents is 1. The van der Waals surface area contributed by atoms with Gasteiger partial charge >= 0.3 is 0 Å². The summed E-state index contributed by atoms with van der Waals surface area (Å²) in [7, 11) is 0. The van der Waals surface area contributed by atoms with Crippen LogP contribution in [0.2, 0.25) is 5.02 Å². The number of nitrogens with zero attached hydrogens (tertiary/aromatic N) is 1. The van der Waals surface area contributed by atoms with E-state index in [9.17, 15) is 14.9 Å². The molecular formula is C14H15ClN2O3. The Hall–Kier alpha value is -1.62. The van der Waals surface area contributed by atoms with Crippen molar-refractivity contribution in [2.24, 2.45) is 11.8 Å². The van der Waals surface area contributed by atoms with E-state index in [-0.39, 0.29) is 22.7 Å². The molecule has 6 heteroatoms. The first kappa shape index (κ1) is 13.4. The van der Waals surface area contributed by atoms with Crippen molar-refractivity contribution in [3.05, 3.63) is 38.9 Å². The van der Waals surface area contributed by atoms with Gasteiger partial charge in [0.25, 0.3) is 11.6 Å². The molecule has 2 saturated carbocycles. The standard InChI is InChI=1S/C14H15ClN2O3/c15-11-4-3-10(7-13(11)17(19)20)14(18)16-12-6-8-1-2-9(12)5-8/h3-4,7-9,12H,1-2,5-6H2,(H,16,18)/t8-,9-,12+/m1/s1. The average molecular weight is 295 g/mol. The van der Waals surface area contributed by atoms with Crippen molar-refractivity contribution in [3.8, 4) is 0 Å². The van der Waals surface area contributed by atoms with E-state index in [1.54, 1.807) is 0 Å². The van der Waals surface area contributed by atoms with Gasteiger partial charge in [0.05, 0.1) is 4.92 Å². The lowest BCUT2D eigenvalue weighted by molar-refractivity contribution is -0.384. The molecule has 0 aromatic heterocycles. The van der Waals surface area contributed by atoms with Gasteiger partial charge in [-0.2, -0.15) is 0 Å². The first-order valence-electron chi connectivity index (χ1n) is 6.79. The number of nitro groups is 1. The van der Waals surface area contributed by atoms with Crippen LogP contribution in [-0.4, -0.2) is 16.9 Å². The lowest BCUT2D eigenvalue weighted by Gasteiger charge is -2.22. The van der Waals surface area contributed by atoms with Gasteiger partial charge in [-0.25, -0.2) is 0 Å². The maximum Gasteiger partial charge on any atom is 0.288 e. The van der Waals surface area contributed by atoms with E-state index in [0.717, 1.165) is 12.3 Å². The number of hydrogen-bond acceptors (Lipinski definition) is 3. The van der Waals surface area contributed by atoms with Crippen molar-refractivity contribution in [2.45, 2.75) is 31.7 Å². The normalized spacial score (nSPS) is 27.6. The highest BCUT2D eigenvalue weighted by Gasteiger charge is 2.40. The minimum absolute atomic E-state index is 0.0477. The fraction of sp³-hybridized carbons (Fsp3) is 0.500. The molecule has 3 atom stereocenters. The Balaban J connectivity index is 1.74. The zero-order chi connectivity index (χ0) is 14.3. The molecule has 5 nitrogen and oxygen atoms in total. The molecule has 1 aromatic rings. The number of nitrogens with one attached hydrogen (secondary N) is 1. The molecule has 3 rings (SSSR count). The number of carbonyl (C=O) groups is 1. The van der Waals surface area contributed by atoms with Crippen molar-refractivity contribution in [2.75, 3.05) is 0 Å². The van der Waals surface area contributed by atoms with Crippen LogP contribution in [-0.2, 0) is 0 Å². The number of hydrogen-bond donors (Lipinski definition) is 1. The Kier molecular flexibility index (Phi) is 3.38. The van der Waals surface area contributed by atoms with Gasteiger partial charge in [0.15, 0.2) is 0 Å². The zero-order valence-electron chi connectivity index (χ0n) is 10.8. The van der Waals surface area contributed by atoms with E-state index in [2.05, 4.69) is 5.32 Å². The molecule has 106 valence electrons. The van der Waals surface area contributed by atoms with Crippen LogP contribution in [0.15, 0.2) is 18.2 Å². The molecule has 0 unspecified atom stereocenters. The summed E-state index contributed by atoms with van der Waals surface area (Å²) in [6, 6.07) is 4.38. The van der Waals surface area contributed by atoms with Gasteiger partial charge in [0.2, 0.25) is 0 Å². The summed E-state index contributed by atoms with van der Waals surface area (Å²) in [6.07, 6.45) is 4.68. The molecular weight excluding hydrogens is 280 g/mol. The molecule has 1 amide bonds. The maximum absolute atomic E-state index is 12.2. The third-order valence-corrected chi connectivity index (χ3v) is 4.78.